The molecule has 1 aromatic heterocycles. The minimum absolute atomic E-state index is 0.232. The van der Waals surface area contributed by atoms with Crippen molar-refractivity contribution in [1.29, 1.82) is 0 Å². The Hall–Kier alpha value is -1.81. The average Bonchev–Trinajstić information content (AvgIpc) is 2.61. The molecule has 4 N–H and O–H groups in total. The number of aromatic amines is 1. The number of aromatic hydroxyl groups is 1. The van der Waals surface area contributed by atoms with Gasteiger partial charge >= 0.3 is 0 Å². The number of imidazole rings is 1. The molecule has 0 saturated heterocycles. The lowest BCUT2D eigenvalue weighted by Crippen LogP contribution is -2.03. The van der Waals surface area contributed by atoms with E-state index < -0.39 is 0 Å². The number of H-pyrrole nitrogens is 1. The zero-order chi connectivity index (χ0) is 11.5. The summed E-state index contributed by atoms with van der Waals surface area (Å²) in [7, 11) is 0. The van der Waals surface area contributed by atoms with Gasteiger partial charge in [-0.3, -0.25) is 0 Å². The SMILES string of the molecule is Cc1[nH]c(-c2ccccc2O)nc1CCN. The number of benzene rings is 1. The van der Waals surface area contributed by atoms with Gasteiger partial charge in [0.2, 0.25) is 0 Å². The quantitative estimate of drug-likeness (QED) is 0.730. The fourth-order valence-electron chi connectivity index (χ4n) is 1.68. The molecule has 0 aliphatic rings. The van der Waals surface area contributed by atoms with E-state index in [4.69, 9.17) is 5.73 Å². The maximum absolute atomic E-state index is 9.71. The highest BCUT2D eigenvalue weighted by atomic mass is 16.3. The van der Waals surface area contributed by atoms with Crippen LogP contribution in [0.15, 0.2) is 24.3 Å². The van der Waals surface area contributed by atoms with E-state index in [1.54, 1.807) is 12.1 Å². The molecule has 2 aromatic rings. The third-order valence-corrected chi connectivity index (χ3v) is 2.53. The van der Waals surface area contributed by atoms with Gasteiger partial charge in [-0.05, 0) is 25.6 Å². The highest BCUT2D eigenvalue weighted by Crippen LogP contribution is 2.26. The first-order valence-electron chi connectivity index (χ1n) is 5.26. The topological polar surface area (TPSA) is 74.9 Å². The zero-order valence-electron chi connectivity index (χ0n) is 9.20. The number of hydrogen-bond donors (Lipinski definition) is 3. The van der Waals surface area contributed by atoms with Crippen LogP contribution in [0.5, 0.6) is 5.75 Å². The summed E-state index contributed by atoms with van der Waals surface area (Å²) in [5.74, 6) is 0.926. The van der Waals surface area contributed by atoms with Gasteiger partial charge in [-0.25, -0.2) is 4.98 Å². The third-order valence-electron chi connectivity index (χ3n) is 2.53. The molecule has 2 rings (SSSR count). The van der Waals surface area contributed by atoms with E-state index in [1.165, 1.54) is 0 Å². The standard InChI is InChI=1S/C12H15N3O/c1-8-10(6-7-13)15-12(14-8)9-4-2-3-5-11(9)16/h2-5,16H,6-7,13H2,1H3,(H,14,15). The molecule has 16 heavy (non-hydrogen) atoms. The van der Waals surface area contributed by atoms with Gasteiger partial charge in [-0.2, -0.15) is 0 Å². The van der Waals surface area contributed by atoms with Crippen LogP contribution in [-0.4, -0.2) is 21.6 Å². The second kappa shape index (κ2) is 4.37. The number of rotatable bonds is 3. The van der Waals surface area contributed by atoms with Crippen molar-refractivity contribution in [1.82, 2.24) is 9.97 Å². The Morgan fingerprint density at radius 1 is 1.38 bits per heavy atom. The second-order valence-electron chi connectivity index (χ2n) is 3.71. The first kappa shape index (κ1) is 10.7. The summed E-state index contributed by atoms with van der Waals surface area (Å²) in [5, 5.41) is 9.71. The highest BCUT2D eigenvalue weighted by molar-refractivity contribution is 5.63. The number of hydrogen-bond acceptors (Lipinski definition) is 3. The number of phenols is 1. The van der Waals surface area contributed by atoms with Crippen LogP contribution < -0.4 is 5.73 Å². The fourth-order valence-corrected chi connectivity index (χ4v) is 1.68. The van der Waals surface area contributed by atoms with Crippen molar-refractivity contribution in [2.45, 2.75) is 13.3 Å². The number of aromatic nitrogens is 2. The van der Waals surface area contributed by atoms with Gasteiger partial charge in [0.25, 0.3) is 0 Å². The van der Waals surface area contributed by atoms with Crippen LogP contribution in [0.3, 0.4) is 0 Å². The minimum Gasteiger partial charge on any atom is -0.507 e. The fraction of sp³-hybridized carbons (Fsp3) is 0.250. The van der Waals surface area contributed by atoms with Crippen LogP contribution >= 0.6 is 0 Å². The minimum atomic E-state index is 0.232. The molecule has 4 nitrogen and oxygen atoms in total. The number of aryl methyl sites for hydroxylation is 1. The summed E-state index contributed by atoms with van der Waals surface area (Å²) in [6.07, 6.45) is 0.746. The van der Waals surface area contributed by atoms with Crippen LogP contribution in [-0.2, 0) is 6.42 Å². The first-order valence-corrected chi connectivity index (χ1v) is 5.26. The molecular formula is C12H15N3O. The van der Waals surface area contributed by atoms with Gasteiger partial charge in [0.1, 0.15) is 11.6 Å². The Balaban J connectivity index is 2.42. The summed E-state index contributed by atoms with van der Waals surface area (Å²) in [5.41, 5.74) is 8.18. The van der Waals surface area contributed by atoms with Crippen molar-refractivity contribution in [2.75, 3.05) is 6.54 Å². The second-order valence-corrected chi connectivity index (χ2v) is 3.71. The van der Waals surface area contributed by atoms with Gasteiger partial charge in [-0.15, -0.1) is 0 Å². The number of phenolic OH excluding ortho intramolecular Hbond substituents is 1. The summed E-state index contributed by atoms with van der Waals surface area (Å²) >= 11 is 0. The normalized spacial score (nSPS) is 10.6. The number of nitrogens with zero attached hydrogens (tertiary/aromatic N) is 1. The third kappa shape index (κ3) is 1.92. The van der Waals surface area contributed by atoms with E-state index in [1.807, 2.05) is 19.1 Å². The molecule has 0 radical (unpaired) electrons. The van der Waals surface area contributed by atoms with E-state index in [0.717, 1.165) is 17.8 Å². The van der Waals surface area contributed by atoms with Crippen molar-refractivity contribution in [3.8, 4) is 17.1 Å². The molecule has 0 spiro atoms. The van der Waals surface area contributed by atoms with Crippen LogP contribution in [0.25, 0.3) is 11.4 Å². The molecule has 0 aliphatic heterocycles. The Morgan fingerprint density at radius 2 is 2.12 bits per heavy atom. The van der Waals surface area contributed by atoms with Crippen molar-refractivity contribution < 1.29 is 5.11 Å². The van der Waals surface area contributed by atoms with Crippen LogP contribution in [0.4, 0.5) is 0 Å². The van der Waals surface area contributed by atoms with Crippen LogP contribution in [0, 0.1) is 6.92 Å². The maximum Gasteiger partial charge on any atom is 0.141 e. The average molecular weight is 217 g/mol. The van der Waals surface area contributed by atoms with Crippen LogP contribution in [0.1, 0.15) is 11.4 Å². The molecule has 84 valence electrons. The van der Waals surface area contributed by atoms with E-state index in [-0.39, 0.29) is 5.75 Å². The summed E-state index contributed by atoms with van der Waals surface area (Å²) in [4.78, 5) is 7.59. The Kier molecular flexibility index (Phi) is 2.92. The summed E-state index contributed by atoms with van der Waals surface area (Å²) in [6.45, 7) is 2.54. The van der Waals surface area contributed by atoms with Crippen molar-refractivity contribution in [3.63, 3.8) is 0 Å². The van der Waals surface area contributed by atoms with Gasteiger partial charge in [0.05, 0.1) is 11.3 Å². The van der Waals surface area contributed by atoms with Crippen molar-refractivity contribution >= 4 is 0 Å². The molecular weight excluding hydrogens is 202 g/mol. The van der Waals surface area contributed by atoms with Crippen molar-refractivity contribution in [3.05, 3.63) is 35.7 Å². The number of nitrogens with one attached hydrogen (secondary N) is 1. The first-order chi connectivity index (χ1) is 7.72. The van der Waals surface area contributed by atoms with Gasteiger partial charge < -0.3 is 15.8 Å². The van der Waals surface area contributed by atoms with Gasteiger partial charge in [0, 0.05) is 12.1 Å². The number of para-hydroxylation sites is 1. The van der Waals surface area contributed by atoms with E-state index >= 15 is 0 Å². The Bertz CT molecular complexity index is 491. The molecule has 0 aliphatic carbocycles. The highest BCUT2D eigenvalue weighted by Gasteiger charge is 2.10. The molecule has 0 bridgehead atoms. The molecule has 1 heterocycles. The van der Waals surface area contributed by atoms with E-state index in [9.17, 15) is 5.11 Å². The number of nitrogens with two attached hydrogens (primary N) is 1. The lowest BCUT2D eigenvalue weighted by atomic mass is 10.2. The van der Waals surface area contributed by atoms with Gasteiger partial charge in [0.15, 0.2) is 0 Å². The molecule has 0 saturated carbocycles. The smallest absolute Gasteiger partial charge is 0.141 e. The largest absolute Gasteiger partial charge is 0.507 e. The zero-order valence-corrected chi connectivity index (χ0v) is 9.20. The predicted octanol–water partition coefficient (Wildman–Crippen LogP) is 1.59. The molecule has 1 aromatic carbocycles. The molecule has 0 amide bonds. The summed E-state index contributed by atoms with van der Waals surface area (Å²) < 4.78 is 0. The molecule has 0 unspecified atom stereocenters. The lowest BCUT2D eigenvalue weighted by Gasteiger charge is -1.99. The Labute approximate surface area is 94.1 Å². The Morgan fingerprint density at radius 3 is 2.81 bits per heavy atom. The molecule has 0 atom stereocenters. The summed E-state index contributed by atoms with van der Waals surface area (Å²) in [6, 6.07) is 7.14. The lowest BCUT2D eigenvalue weighted by molar-refractivity contribution is 0.477. The monoisotopic (exact) mass is 217 g/mol. The van der Waals surface area contributed by atoms with E-state index in [2.05, 4.69) is 9.97 Å². The predicted molar refractivity (Wildman–Crippen MR) is 63.2 cm³/mol. The molecule has 4 heteroatoms. The van der Waals surface area contributed by atoms with E-state index in [0.29, 0.717) is 17.9 Å². The van der Waals surface area contributed by atoms with Gasteiger partial charge in [-0.1, -0.05) is 12.1 Å². The van der Waals surface area contributed by atoms with Crippen LogP contribution in [0.2, 0.25) is 0 Å². The maximum atomic E-state index is 9.71. The van der Waals surface area contributed by atoms with Crippen molar-refractivity contribution in [2.24, 2.45) is 5.73 Å². The molecule has 0 fully saturated rings.